The van der Waals surface area contributed by atoms with E-state index in [9.17, 15) is 27.4 Å². The Bertz CT molecular complexity index is 1550. The standard InChI is InChI=1S/C29H31F3N6O2S/c1-19(16-33)14-26(39)23-8-9-29(31,32)15-24(23)28-25(18-38(36-28)27-7-4-21(30)17-35-27)20-2-5-22(6-3-20)37-10-12-41(34,40)13-11-37/h2-7,17-19,23-24,34H,8-15H2,1H3/t19?,23-,24-/m1/s1. The maximum atomic E-state index is 14.8. The lowest BCUT2D eigenvalue weighted by atomic mass is 9.71. The lowest BCUT2D eigenvalue weighted by Gasteiger charge is -2.35. The van der Waals surface area contributed by atoms with E-state index in [1.54, 1.807) is 13.1 Å². The van der Waals surface area contributed by atoms with Gasteiger partial charge in [0.2, 0.25) is 5.92 Å². The average molecular weight is 585 g/mol. The predicted molar refractivity (Wildman–Crippen MR) is 149 cm³/mol. The number of hydrogen-bond donors (Lipinski definition) is 1. The number of aromatic nitrogens is 3. The minimum Gasteiger partial charge on any atom is -0.370 e. The molecule has 2 aliphatic rings. The van der Waals surface area contributed by atoms with Crippen LogP contribution in [-0.4, -0.2) is 55.3 Å². The maximum Gasteiger partial charge on any atom is 0.248 e. The van der Waals surface area contributed by atoms with Gasteiger partial charge in [-0.05, 0) is 43.2 Å². The number of anilines is 1. The number of Topliss-reactive ketones (excluding diaryl/α,β-unsaturated/α-hetero) is 1. The molecular weight excluding hydrogens is 553 g/mol. The van der Waals surface area contributed by atoms with E-state index in [-0.39, 0.29) is 18.6 Å². The number of carbonyl (C=O) groups excluding carboxylic acids is 1. The molecule has 5 rings (SSSR count). The molecule has 216 valence electrons. The van der Waals surface area contributed by atoms with E-state index in [1.807, 2.05) is 24.3 Å². The summed E-state index contributed by atoms with van der Waals surface area (Å²) in [6.45, 7) is 2.64. The minimum atomic E-state index is -2.98. The maximum absolute atomic E-state index is 14.8. The Kier molecular flexibility index (Phi) is 7.92. The fourth-order valence-corrected chi connectivity index (χ4v) is 6.88. The number of halogens is 3. The van der Waals surface area contributed by atoms with Gasteiger partial charge in [-0.2, -0.15) is 10.4 Å². The first-order valence-corrected chi connectivity index (χ1v) is 15.5. The van der Waals surface area contributed by atoms with E-state index in [1.165, 1.54) is 16.8 Å². The first-order valence-electron chi connectivity index (χ1n) is 13.6. The van der Waals surface area contributed by atoms with Crippen LogP contribution in [0.15, 0.2) is 48.8 Å². The lowest BCUT2D eigenvalue weighted by molar-refractivity contribution is -0.129. The van der Waals surface area contributed by atoms with Crippen LogP contribution in [0, 0.1) is 33.8 Å². The molecule has 1 saturated heterocycles. The normalized spacial score (nSPS) is 22.6. The Morgan fingerprint density at radius 3 is 2.56 bits per heavy atom. The van der Waals surface area contributed by atoms with Crippen LogP contribution in [0.4, 0.5) is 18.9 Å². The molecule has 1 saturated carbocycles. The number of pyridine rings is 1. The topological polar surface area (TPSA) is 116 Å². The van der Waals surface area contributed by atoms with Gasteiger partial charge in [0.1, 0.15) is 11.6 Å². The number of hydrogen-bond acceptors (Lipinski definition) is 7. The number of nitriles is 1. The summed E-state index contributed by atoms with van der Waals surface area (Å²) < 4.78 is 64.5. The third-order valence-electron chi connectivity index (χ3n) is 7.93. The molecule has 1 aliphatic carbocycles. The Labute approximate surface area is 237 Å². The van der Waals surface area contributed by atoms with Gasteiger partial charge in [0.25, 0.3) is 0 Å². The second-order valence-electron chi connectivity index (χ2n) is 11.0. The van der Waals surface area contributed by atoms with E-state index in [0.29, 0.717) is 47.2 Å². The first-order chi connectivity index (χ1) is 19.4. The quantitative estimate of drug-likeness (QED) is 0.388. The number of ketones is 1. The molecule has 2 fully saturated rings. The van der Waals surface area contributed by atoms with Gasteiger partial charge in [0.15, 0.2) is 5.82 Å². The van der Waals surface area contributed by atoms with Gasteiger partial charge in [0.05, 0.1) is 23.9 Å². The summed E-state index contributed by atoms with van der Waals surface area (Å²) in [5.74, 6) is -4.99. The Morgan fingerprint density at radius 2 is 1.93 bits per heavy atom. The van der Waals surface area contributed by atoms with Crippen molar-refractivity contribution >= 4 is 21.2 Å². The summed E-state index contributed by atoms with van der Waals surface area (Å²) in [6.07, 6.45) is 1.71. The summed E-state index contributed by atoms with van der Waals surface area (Å²) >= 11 is 0. The van der Waals surface area contributed by atoms with Crippen LogP contribution < -0.4 is 4.90 Å². The van der Waals surface area contributed by atoms with E-state index < -0.39 is 52.1 Å². The van der Waals surface area contributed by atoms with Gasteiger partial charge < -0.3 is 4.90 Å². The number of rotatable bonds is 7. The van der Waals surface area contributed by atoms with Crippen molar-refractivity contribution in [3.05, 3.63) is 60.3 Å². The van der Waals surface area contributed by atoms with Crippen LogP contribution in [-0.2, 0) is 14.5 Å². The van der Waals surface area contributed by atoms with Gasteiger partial charge in [-0.3, -0.25) is 9.57 Å². The lowest BCUT2D eigenvalue weighted by Crippen LogP contribution is -2.39. The van der Waals surface area contributed by atoms with Gasteiger partial charge in [-0.25, -0.2) is 27.0 Å². The summed E-state index contributed by atoms with van der Waals surface area (Å²) in [5, 5.41) is 13.9. The van der Waals surface area contributed by atoms with Gasteiger partial charge >= 0.3 is 0 Å². The van der Waals surface area contributed by atoms with Crippen LogP contribution in [0.25, 0.3) is 16.9 Å². The molecule has 41 heavy (non-hydrogen) atoms. The number of nitrogens with one attached hydrogen (secondary N) is 1. The van der Waals surface area contributed by atoms with Crippen molar-refractivity contribution in [3.63, 3.8) is 0 Å². The molecule has 3 aromatic rings. The van der Waals surface area contributed by atoms with Crippen LogP contribution in [0.1, 0.15) is 44.2 Å². The van der Waals surface area contributed by atoms with E-state index in [4.69, 9.17) is 4.78 Å². The van der Waals surface area contributed by atoms with Crippen molar-refractivity contribution in [1.82, 2.24) is 14.8 Å². The van der Waals surface area contributed by atoms with Crippen molar-refractivity contribution in [2.75, 3.05) is 29.5 Å². The molecule has 3 heterocycles. The smallest absolute Gasteiger partial charge is 0.248 e. The summed E-state index contributed by atoms with van der Waals surface area (Å²) in [5.41, 5.74) is 2.48. The zero-order valence-electron chi connectivity index (χ0n) is 22.6. The third-order valence-corrected chi connectivity index (χ3v) is 9.62. The van der Waals surface area contributed by atoms with Gasteiger partial charge in [-0.15, -0.1) is 0 Å². The molecule has 0 amide bonds. The predicted octanol–water partition coefficient (Wildman–Crippen LogP) is 5.58. The molecule has 3 atom stereocenters. The monoisotopic (exact) mass is 584 g/mol. The highest BCUT2D eigenvalue weighted by Crippen LogP contribution is 2.48. The fourth-order valence-electron chi connectivity index (χ4n) is 5.65. The summed E-state index contributed by atoms with van der Waals surface area (Å²) in [6, 6.07) is 12.2. The highest BCUT2D eigenvalue weighted by molar-refractivity contribution is 7.92. The van der Waals surface area contributed by atoms with Crippen molar-refractivity contribution in [3.8, 4) is 23.0 Å². The van der Waals surface area contributed by atoms with Crippen molar-refractivity contribution in [1.29, 1.82) is 10.0 Å². The van der Waals surface area contributed by atoms with Crippen molar-refractivity contribution in [2.24, 2.45) is 11.8 Å². The summed E-state index contributed by atoms with van der Waals surface area (Å²) in [7, 11) is -2.54. The molecule has 1 N–H and O–H groups in total. The molecule has 0 radical (unpaired) electrons. The second-order valence-corrected chi connectivity index (χ2v) is 13.4. The first kappa shape index (κ1) is 28.8. The fraction of sp³-hybridized carbons (Fsp3) is 0.448. The van der Waals surface area contributed by atoms with Gasteiger partial charge in [0, 0.05) is 82.9 Å². The Hall–Kier alpha value is -3.72. The highest BCUT2D eigenvalue weighted by Gasteiger charge is 2.46. The van der Waals surface area contributed by atoms with Gasteiger partial charge in [-0.1, -0.05) is 12.1 Å². The largest absolute Gasteiger partial charge is 0.370 e. The van der Waals surface area contributed by atoms with Crippen molar-refractivity contribution < 1.29 is 22.2 Å². The van der Waals surface area contributed by atoms with Crippen LogP contribution in [0.5, 0.6) is 0 Å². The SMILES string of the molecule is CC(C#N)CC(=O)[C@@H]1CCC(F)(F)C[C@H]1c1nn(-c2ccc(F)cn2)cc1-c1ccc(N2CCS(=N)(=O)CC2)cc1. The summed E-state index contributed by atoms with van der Waals surface area (Å²) in [4.78, 5) is 19.4. The molecule has 1 unspecified atom stereocenters. The molecule has 0 spiro atoms. The molecule has 8 nitrogen and oxygen atoms in total. The van der Waals surface area contributed by atoms with Crippen molar-refractivity contribution in [2.45, 2.75) is 44.4 Å². The van der Waals surface area contributed by atoms with Crippen LogP contribution in [0.2, 0.25) is 0 Å². The number of carbonyl (C=O) groups is 1. The molecule has 2 aromatic heterocycles. The van der Waals surface area contributed by atoms with Crippen LogP contribution >= 0.6 is 0 Å². The van der Waals surface area contributed by atoms with E-state index in [2.05, 4.69) is 21.1 Å². The Balaban J connectivity index is 1.55. The molecule has 1 aromatic carbocycles. The van der Waals surface area contributed by atoms with E-state index in [0.717, 1.165) is 11.9 Å². The van der Waals surface area contributed by atoms with E-state index >= 15 is 0 Å². The number of nitrogens with zero attached hydrogens (tertiary/aromatic N) is 5. The zero-order valence-corrected chi connectivity index (χ0v) is 23.4. The molecule has 0 bridgehead atoms. The third kappa shape index (κ3) is 6.45. The minimum absolute atomic E-state index is 0.0111. The molecule has 1 aliphatic heterocycles. The Morgan fingerprint density at radius 1 is 1.22 bits per heavy atom. The average Bonchev–Trinajstić information content (AvgIpc) is 3.38. The van der Waals surface area contributed by atoms with Crippen LogP contribution in [0.3, 0.4) is 0 Å². The zero-order chi connectivity index (χ0) is 29.4. The number of benzene rings is 1. The highest BCUT2D eigenvalue weighted by atomic mass is 32.2. The molecule has 12 heteroatoms. The number of alkyl halides is 2. The second kappa shape index (κ2) is 11.3. The molecular formula is C29H31F3N6O2S.